The maximum Gasteiger partial charge on any atom is 0.231 e. The van der Waals surface area contributed by atoms with E-state index in [1.165, 1.54) is 0 Å². The third-order valence-electron chi connectivity index (χ3n) is 3.05. The van der Waals surface area contributed by atoms with Gasteiger partial charge in [-0.2, -0.15) is 16.7 Å². The molecule has 0 aliphatic carbocycles. The van der Waals surface area contributed by atoms with Crippen LogP contribution in [0.3, 0.4) is 0 Å². The number of rotatable bonds is 4. The molecule has 0 saturated carbocycles. The number of aromatic nitrogens is 2. The standard InChI is InChI=1S/C13H23N3O2S/c1-13(2,3)6-9(7-14)12-15-11(16-18-12)10-8-19-5-4-17-10/h9-10H,4-8,14H2,1-3H3. The van der Waals surface area contributed by atoms with Gasteiger partial charge in [-0.3, -0.25) is 0 Å². The molecule has 2 heterocycles. The normalized spacial score (nSPS) is 22.4. The minimum Gasteiger partial charge on any atom is -0.368 e. The van der Waals surface area contributed by atoms with Crippen molar-refractivity contribution in [2.24, 2.45) is 11.1 Å². The maximum atomic E-state index is 5.84. The molecule has 0 amide bonds. The first-order valence-corrected chi connectivity index (χ1v) is 7.88. The highest BCUT2D eigenvalue weighted by molar-refractivity contribution is 7.99. The maximum absolute atomic E-state index is 5.84. The van der Waals surface area contributed by atoms with E-state index in [9.17, 15) is 0 Å². The first-order chi connectivity index (χ1) is 8.99. The van der Waals surface area contributed by atoms with Gasteiger partial charge in [0, 0.05) is 18.1 Å². The molecule has 2 N–H and O–H groups in total. The van der Waals surface area contributed by atoms with Crippen molar-refractivity contribution in [1.29, 1.82) is 0 Å². The van der Waals surface area contributed by atoms with Crippen LogP contribution in [-0.4, -0.2) is 34.8 Å². The van der Waals surface area contributed by atoms with Crippen molar-refractivity contribution in [1.82, 2.24) is 10.1 Å². The van der Waals surface area contributed by atoms with Gasteiger partial charge in [0.05, 0.1) is 12.5 Å². The number of hydrogen-bond acceptors (Lipinski definition) is 6. The smallest absolute Gasteiger partial charge is 0.231 e. The fourth-order valence-corrected chi connectivity index (χ4v) is 3.03. The summed E-state index contributed by atoms with van der Waals surface area (Å²) in [6.07, 6.45) is 0.898. The van der Waals surface area contributed by atoms with Crippen LogP contribution in [0.2, 0.25) is 0 Å². The summed E-state index contributed by atoms with van der Waals surface area (Å²) in [7, 11) is 0. The van der Waals surface area contributed by atoms with Crippen molar-refractivity contribution in [3.63, 3.8) is 0 Å². The van der Waals surface area contributed by atoms with Crippen LogP contribution in [0.1, 0.15) is 50.9 Å². The molecule has 1 aliphatic heterocycles. The molecule has 1 aliphatic rings. The molecule has 6 heteroatoms. The highest BCUT2D eigenvalue weighted by atomic mass is 32.2. The summed E-state index contributed by atoms with van der Waals surface area (Å²) in [6.45, 7) is 7.84. The van der Waals surface area contributed by atoms with E-state index in [1.54, 1.807) is 0 Å². The monoisotopic (exact) mass is 285 g/mol. The summed E-state index contributed by atoms with van der Waals surface area (Å²) < 4.78 is 11.0. The quantitative estimate of drug-likeness (QED) is 0.915. The van der Waals surface area contributed by atoms with E-state index >= 15 is 0 Å². The number of hydrogen-bond donors (Lipinski definition) is 1. The van der Waals surface area contributed by atoms with Crippen molar-refractivity contribution in [3.8, 4) is 0 Å². The Morgan fingerprint density at radius 1 is 1.47 bits per heavy atom. The fourth-order valence-electron chi connectivity index (χ4n) is 2.19. The zero-order valence-corrected chi connectivity index (χ0v) is 12.7. The summed E-state index contributed by atoms with van der Waals surface area (Å²) in [5.41, 5.74) is 6.03. The Labute approximate surface area is 118 Å². The molecule has 5 nitrogen and oxygen atoms in total. The van der Waals surface area contributed by atoms with Gasteiger partial charge < -0.3 is 15.0 Å². The van der Waals surface area contributed by atoms with Crippen LogP contribution in [0.4, 0.5) is 0 Å². The van der Waals surface area contributed by atoms with Gasteiger partial charge in [0.15, 0.2) is 0 Å². The Bertz CT molecular complexity index is 397. The summed E-state index contributed by atoms with van der Waals surface area (Å²) in [6, 6.07) is 0. The lowest BCUT2D eigenvalue weighted by molar-refractivity contribution is 0.0677. The van der Waals surface area contributed by atoms with Crippen LogP contribution in [0.25, 0.3) is 0 Å². The Morgan fingerprint density at radius 2 is 2.26 bits per heavy atom. The summed E-state index contributed by atoms with van der Waals surface area (Å²) in [5, 5.41) is 4.06. The Balaban J connectivity index is 2.05. The van der Waals surface area contributed by atoms with E-state index in [0.29, 0.717) is 18.3 Å². The van der Waals surface area contributed by atoms with Crippen LogP contribution in [-0.2, 0) is 4.74 Å². The van der Waals surface area contributed by atoms with E-state index in [-0.39, 0.29) is 17.4 Å². The third-order valence-corrected chi connectivity index (χ3v) is 4.05. The third kappa shape index (κ3) is 4.19. The lowest BCUT2D eigenvalue weighted by Gasteiger charge is -2.22. The predicted molar refractivity (Wildman–Crippen MR) is 76.2 cm³/mol. The van der Waals surface area contributed by atoms with Gasteiger partial charge in [0.2, 0.25) is 11.7 Å². The van der Waals surface area contributed by atoms with Crippen LogP contribution >= 0.6 is 11.8 Å². The molecular weight excluding hydrogens is 262 g/mol. The Morgan fingerprint density at radius 3 is 2.84 bits per heavy atom. The molecule has 19 heavy (non-hydrogen) atoms. The fraction of sp³-hybridized carbons (Fsp3) is 0.846. The number of thioether (sulfide) groups is 1. The van der Waals surface area contributed by atoms with Crippen molar-refractivity contribution in [3.05, 3.63) is 11.7 Å². The van der Waals surface area contributed by atoms with Gasteiger partial charge in [0.1, 0.15) is 6.10 Å². The summed E-state index contributed by atoms with van der Waals surface area (Å²) in [5.74, 6) is 3.36. The molecule has 1 fully saturated rings. The molecule has 0 aromatic carbocycles. The van der Waals surface area contributed by atoms with Gasteiger partial charge in [-0.1, -0.05) is 25.9 Å². The second kappa shape index (κ2) is 6.24. The molecule has 0 spiro atoms. The molecule has 0 radical (unpaired) electrons. The van der Waals surface area contributed by atoms with E-state index in [0.717, 1.165) is 24.5 Å². The zero-order valence-electron chi connectivity index (χ0n) is 11.9. The molecule has 2 unspecified atom stereocenters. The molecule has 1 aromatic rings. The highest BCUT2D eigenvalue weighted by Crippen LogP contribution is 2.31. The molecule has 0 bridgehead atoms. The van der Waals surface area contributed by atoms with Gasteiger partial charge in [-0.25, -0.2) is 0 Å². The van der Waals surface area contributed by atoms with Gasteiger partial charge >= 0.3 is 0 Å². The summed E-state index contributed by atoms with van der Waals surface area (Å²) in [4.78, 5) is 4.49. The van der Waals surface area contributed by atoms with E-state index in [1.807, 2.05) is 11.8 Å². The van der Waals surface area contributed by atoms with Crippen molar-refractivity contribution in [2.75, 3.05) is 24.7 Å². The second-order valence-electron chi connectivity index (χ2n) is 6.12. The molecule has 2 rings (SSSR count). The van der Waals surface area contributed by atoms with Crippen molar-refractivity contribution >= 4 is 11.8 Å². The predicted octanol–water partition coefficient (Wildman–Crippen LogP) is 2.35. The van der Waals surface area contributed by atoms with Gasteiger partial charge in [-0.15, -0.1) is 0 Å². The minimum atomic E-state index is -0.0377. The van der Waals surface area contributed by atoms with Gasteiger partial charge in [-0.05, 0) is 11.8 Å². The SMILES string of the molecule is CC(C)(C)CC(CN)c1nc(C2CSCCO2)no1. The average Bonchev–Trinajstić information content (AvgIpc) is 2.85. The molecule has 2 atom stereocenters. The van der Waals surface area contributed by atoms with E-state index < -0.39 is 0 Å². The number of ether oxygens (including phenoxy) is 1. The molecule has 1 saturated heterocycles. The molecule has 1 aromatic heterocycles. The average molecular weight is 285 g/mol. The topological polar surface area (TPSA) is 74.2 Å². The first-order valence-electron chi connectivity index (χ1n) is 6.72. The zero-order chi connectivity index (χ0) is 13.9. The van der Waals surface area contributed by atoms with Crippen LogP contribution in [0, 0.1) is 5.41 Å². The largest absolute Gasteiger partial charge is 0.368 e. The minimum absolute atomic E-state index is 0.0377. The lowest BCUT2D eigenvalue weighted by Crippen LogP contribution is -2.20. The summed E-state index contributed by atoms with van der Waals surface area (Å²) >= 11 is 1.86. The van der Waals surface area contributed by atoms with Crippen LogP contribution < -0.4 is 5.73 Å². The number of nitrogens with zero attached hydrogens (tertiary/aromatic N) is 2. The van der Waals surface area contributed by atoms with Crippen molar-refractivity contribution in [2.45, 2.75) is 39.2 Å². The number of nitrogens with two attached hydrogens (primary N) is 1. The van der Waals surface area contributed by atoms with Gasteiger partial charge in [0.25, 0.3) is 0 Å². The van der Waals surface area contributed by atoms with Crippen LogP contribution in [0.15, 0.2) is 4.52 Å². The van der Waals surface area contributed by atoms with Crippen LogP contribution in [0.5, 0.6) is 0 Å². The van der Waals surface area contributed by atoms with Crippen molar-refractivity contribution < 1.29 is 9.26 Å². The van der Waals surface area contributed by atoms with E-state index in [4.69, 9.17) is 15.0 Å². The Kier molecular flexibility index (Phi) is 4.86. The first kappa shape index (κ1) is 14.8. The Hall–Kier alpha value is -0.590. The van der Waals surface area contributed by atoms with E-state index in [2.05, 4.69) is 30.9 Å². The molecular formula is C13H23N3O2S. The second-order valence-corrected chi connectivity index (χ2v) is 7.27. The lowest BCUT2D eigenvalue weighted by atomic mass is 9.84. The highest BCUT2D eigenvalue weighted by Gasteiger charge is 2.27. The molecule has 108 valence electrons.